The van der Waals surface area contributed by atoms with Crippen molar-refractivity contribution in [2.75, 3.05) is 25.9 Å². The first kappa shape index (κ1) is 14.1. The van der Waals surface area contributed by atoms with Crippen LogP contribution in [-0.2, 0) is 0 Å². The smallest absolute Gasteiger partial charge is 0.256 e. The van der Waals surface area contributed by atoms with Gasteiger partial charge in [-0.05, 0) is 18.6 Å². The number of anilines is 1. The molecule has 0 fully saturated rings. The molecule has 98 valence electrons. The first-order chi connectivity index (χ1) is 8.63. The molecule has 0 aliphatic carbocycles. The molecule has 0 aliphatic rings. The molecule has 1 amide bonds. The predicted molar refractivity (Wildman–Crippen MR) is 73.8 cm³/mol. The van der Waals surface area contributed by atoms with Crippen LogP contribution in [0.2, 0.25) is 0 Å². The number of hydrogen-bond acceptors (Lipinski definition) is 3. The predicted octanol–water partition coefficient (Wildman–Crippen LogP) is 2.32. The zero-order valence-corrected chi connectivity index (χ0v) is 11.0. The lowest BCUT2D eigenvalue weighted by Crippen LogP contribution is -2.32. The standard InChI is InChI=1S/C14H20N2O2/c1-4-8-16(9-5-2)14(17)12-7-6-11(18-3)10-13(12)15/h4,6-7,10H,1,5,8-9,15H2,2-3H3. The fourth-order valence-electron chi connectivity index (χ4n) is 1.73. The molecular weight excluding hydrogens is 228 g/mol. The molecule has 0 saturated carbocycles. The SMILES string of the molecule is C=CCN(CCC)C(=O)c1ccc(OC)cc1N. The van der Waals surface area contributed by atoms with Gasteiger partial charge in [0.2, 0.25) is 0 Å². The van der Waals surface area contributed by atoms with Crippen molar-refractivity contribution in [2.45, 2.75) is 13.3 Å². The van der Waals surface area contributed by atoms with E-state index >= 15 is 0 Å². The lowest BCUT2D eigenvalue weighted by Gasteiger charge is -2.21. The summed E-state index contributed by atoms with van der Waals surface area (Å²) in [6, 6.07) is 5.09. The van der Waals surface area contributed by atoms with Crippen molar-refractivity contribution in [1.29, 1.82) is 0 Å². The van der Waals surface area contributed by atoms with Crippen molar-refractivity contribution >= 4 is 11.6 Å². The van der Waals surface area contributed by atoms with Crippen LogP contribution in [0.4, 0.5) is 5.69 Å². The molecule has 0 saturated heterocycles. The van der Waals surface area contributed by atoms with Gasteiger partial charge in [-0.25, -0.2) is 0 Å². The Hall–Kier alpha value is -1.97. The van der Waals surface area contributed by atoms with E-state index in [1.165, 1.54) is 0 Å². The Morgan fingerprint density at radius 2 is 2.28 bits per heavy atom. The number of methoxy groups -OCH3 is 1. The van der Waals surface area contributed by atoms with Crippen LogP contribution in [0.1, 0.15) is 23.7 Å². The number of nitrogens with zero attached hydrogens (tertiary/aromatic N) is 1. The van der Waals surface area contributed by atoms with Gasteiger partial charge in [0.05, 0.1) is 12.7 Å². The minimum atomic E-state index is -0.0723. The van der Waals surface area contributed by atoms with E-state index in [1.54, 1.807) is 36.3 Å². The molecule has 1 rings (SSSR count). The van der Waals surface area contributed by atoms with Crippen molar-refractivity contribution in [3.8, 4) is 5.75 Å². The minimum absolute atomic E-state index is 0.0723. The maximum atomic E-state index is 12.3. The second kappa shape index (κ2) is 6.69. The summed E-state index contributed by atoms with van der Waals surface area (Å²) >= 11 is 0. The van der Waals surface area contributed by atoms with Crippen LogP contribution in [0.3, 0.4) is 0 Å². The maximum Gasteiger partial charge on any atom is 0.256 e. The van der Waals surface area contributed by atoms with Crippen molar-refractivity contribution < 1.29 is 9.53 Å². The molecule has 0 heterocycles. The highest BCUT2D eigenvalue weighted by Crippen LogP contribution is 2.21. The Labute approximate surface area is 108 Å². The molecule has 2 N–H and O–H groups in total. The third-order valence-corrected chi connectivity index (χ3v) is 2.62. The number of nitrogens with two attached hydrogens (primary N) is 1. The van der Waals surface area contributed by atoms with Crippen LogP contribution < -0.4 is 10.5 Å². The number of rotatable bonds is 6. The number of nitrogen functional groups attached to an aromatic ring is 1. The van der Waals surface area contributed by atoms with E-state index in [2.05, 4.69) is 6.58 Å². The third-order valence-electron chi connectivity index (χ3n) is 2.62. The Balaban J connectivity index is 2.97. The first-order valence-corrected chi connectivity index (χ1v) is 5.97. The summed E-state index contributed by atoms with van der Waals surface area (Å²) in [4.78, 5) is 14.0. The summed E-state index contributed by atoms with van der Waals surface area (Å²) < 4.78 is 5.06. The molecule has 18 heavy (non-hydrogen) atoms. The number of carbonyl (C=O) groups excluding carboxylic acids is 1. The van der Waals surface area contributed by atoms with Crippen LogP contribution in [0.15, 0.2) is 30.9 Å². The summed E-state index contributed by atoms with van der Waals surface area (Å²) in [5.74, 6) is 0.576. The van der Waals surface area contributed by atoms with E-state index in [4.69, 9.17) is 10.5 Å². The van der Waals surface area contributed by atoms with Crippen LogP contribution in [0.25, 0.3) is 0 Å². The molecule has 4 nitrogen and oxygen atoms in total. The maximum absolute atomic E-state index is 12.3. The number of benzene rings is 1. The molecule has 4 heteroatoms. The summed E-state index contributed by atoms with van der Waals surface area (Å²) in [5, 5.41) is 0. The van der Waals surface area contributed by atoms with Crippen LogP contribution in [0.5, 0.6) is 5.75 Å². The Kier molecular flexibility index (Phi) is 5.24. The van der Waals surface area contributed by atoms with E-state index in [-0.39, 0.29) is 5.91 Å². The van der Waals surface area contributed by atoms with Gasteiger partial charge in [0.25, 0.3) is 5.91 Å². The number of ether oxygens (including phenoxy) is 1. The zero-order valence-electron chi connectivity index (χ0n) is 11.0. The lowest BCUT2D eigenvalue weighted by molar-refractivity contribution is 0.0775. The van der Waals surface area contributed by atoms with Gasteiger partial charge in [0.1, 0.15) is 5.75 Å². The van der Waals surface area contributed by atoms with Crippen LogP contribution in [0, 0.1) is 0 Å². The van der Waals surface area contributed by atoms with Gasteiger partial charge >= 0.3 is 0 Å². The van der Waals surface area contributed by atoms with Crippen LogP contribution in [-0.4, -0.2) is 31.0 Å². The van der Waals surface area contributed by atoms with E-state index in [1.807, 2.05) is 6.92 Å². The molecule has 0 aromatic heterocycles. The molecule has 0 aliphatic heterocycles. The number of hydrogen-bond donors (Lipinski definition) is 1. The van der Waals surface area contributed by atoms with Gasteiger partial charge in [-0.2, -0.15) is 0 Å². The first-order valence-electron chi connectivity index (χ1n) is 5.97. The monoisotopic (exact) mass is 248 g/mol. The zero-order chi connectivity index (χ0) is 13.5. The Bertz CT molecular complexity index is 430. The second-order valence-electron chi connectivity index (χ2n) is 3.99. The van der Waals surface area contributed by atoms with E-state index < -0.39 is 0 Å². The Morgan fingerprint density at radius 3 is 2.78 bits per heavy atom. The van der Waals surface area contributed by atoms with Gasteiger partial charge < -0.3 is 15.4 Å². The van der Waals surface area contributed by atoms with E-state index in [0.717, 1.165) is 6.42 Å². The lowest BCUT2D eigenvalue weighted by atomic mass is 10.1. The molecule has 0 unspecified atom stereocenters. The Morgan fingerprint density at radius 1 is 1.56 bits per heavy atom. The van der Waals surface area contributed by atoms with Crippen molar-refractivity contribution in [3.05, 3.63) is 36.4 Å². The fourth-order valence-corrected chi connectivity index (χ4v) is 1.73. The van der Waals surface area contributed by atoms with Gasteiger partial charge in [0, 0.05) is 24.8 Å². The summed E-state index contributed by atoms with van der Waals surface area (Å²) in [5.41, 5.74) is 6.82. The summed E-state index contributed by atoms with van der Waals surface area (Å²) in [6.07, 6.45) is 2.61. The molecule has 0 radical (unpaired) electrons. The fraction of sp³-hybridized carbons (Fsp3) is 0.357. The van der Waals surface area contributed by atoms with Crippen LogP contribution >= 0.6 is 0 Å². The average molecular weight is 248 g/mol. The highest BCUT2D eigenvalue weighted by atomic mass is 16.5. The number of amides is 1. The minimum Gasteiger partial charge on any atom is -0.497 e. The quantitative estimate of drug-likeness (QED) is 0.621. The van der Waals surface area contributed by atoms with Crippen molar-refractivity contribution in [3.63, 3.8) is 0 Å². The molecule has 0 atom stereocenters. The molecular formula is C14H20N2O2. The van der Waals surface area contributed by atoms with Crippen molar-refractivity contribution in [2.24, 2.45) is 0 Å². The number of carbonyl (C=O) groups is 1. The van der Waals surface area contributed by atoms with Gasteiger partial charge in [-0.1, -0.05) is 13.0 Å². The highest BCUT2D eigenvalue weighted by molar-refractivity contribution is 5.99. The molecule has 1 aromatic rings. The third kappa shape index (κ3) is 3.26. The van der Waals surface area contributed by atoms with Gasteiger partial charge in [-0.3, -0.25) is 4.79 Å². The molecule has 1 aromatic carbocycles. The molecule has 0 bridgehead atoms. The van der Waals surface area contributed by atoms with E-state index in [0.29, 0.717) is 30.1 Å². The van der Waals surface area contributed by atoms with E-state index in [9.17, 15) is 4.79 Å². The largest absolute Gasteiger partial charge is 0.497 e. The average Bonchev–Trinajstić information content (AvgIpc) is 2.37. The summed E-state index contributed by atoms with van der Waals surface area (Å²) in [6.45, 7) is 6.91. The highest BCUT2D eigenvalue weighted by Gasteiger charge is 2.16. The molecule has 0 spiro atoms. The van der Waals surface area contributed by atoms with Gasteiger partial charge in [-0.15, -0.1) is 6.58 Å². The topological polar surface area (TPSA) is 55.6 Å². The summed E-state index contributed by atoms with van der Waals surface area (Å²) in [7, 11) is 1.57. The second-order valence-corrected chi connectivity index (χ2v) is 3.99. The van der Waals surface area contributed by atoms with Crippen molar-refractivity contribution in [1.82, 2.24) is 4.90 Å². The normalized spacial score (nSPS) is 9.89. The van der Waals surface area contributed by atoms with Gasteiger partial charge in [0.15, 0.2) is 0 Å².